The van der Waals surface area contributed by atoms with E-state index < -0.39 is 0 Å². The largest absolute Gasteiger partial charge is 0.356 e. The summed E-state index contributed by atoms with van der Waals surface area (Å²) in [4.78, 5) is 12.9. The van der Waals surface area contributed by atoms with Crippen molar-refractivity contribution in [3.8, 4) is 0 Å². The number of para-hydroxylation sites is 1. The van der Waals surface area contributed by atoms with Gasteiger partial charge in [-0.25, -0.2) is 0 Å². The molecule has 5 rings (SSSR count). The Balaban J connectivity index is 1.20. The summed E-state index contributed by atoms with van der Waals surface area (Å²) >= 11 is 4.38. The quantitative estimate of drug-likeness (QED) is 0.650. The number of amides is 1. The van der Waals surface area contributed by atoms with Gasteiger partial charge in [0.05, 0.1) is 4.08 Å². The van der Waals surface area contributed by atoms with Crippen LogP contribution in [0.15, 0.2) is 54.6 Å². The van der Waals surface area contributed by atoms with Crippen molar-refractivity contribution < 1.29 is 4.79 Å². The number of nitrogens with one attached hydrogen (secondary N) is 2. The van der Waals surface area contributed by atoms with Crippen molar-refractivity contribution in [3.05, 3.63) is 54.6 Å². The van der Waals surface area contributed by atoms with E-state index in [0.717, 1.165) is 41.7 Å². The van der Waals surface area contributed by atoms with Gasteiger partial charge in [0.1, 0.15) is 0 Å². The van der Waals surface area contributed by atoms with Gasteiger partial charge in [-0.1, -0.05) is 18.2 Å². The van der Waals surface area contributed by atoms with Gasteiger partial charge in [-0.3, -0.25) is 4.79 Å². The van der Waals surface area contributed by atoms with Gasteiger partial charge in [0.2, 0.25) is 5.91 Å². The van der Waals surface area contributed by atoms with Crippen molar-refractivity contribution >= 4 is 46.5 Å². The van der Waals surface area contributed by atoms with Gasteiger partial charge in [-0.2, -0.15) is 0 Å². The smallest absolute Gasteiger partial charge is 0.227 e. The highest BCUT2D eigenvalue weighted by molar-refractivity contribution is 8.21. The summed E-state index contributed by atoms with van der Waals surface area (Å²) in [7, 11) is 0. The lowest BCUT2D eigenvalue weighted by Crippen LogP contribution is -2.41. The fraction of sp³-hybridized carbons (Fsp3) is 0.435. The lowest BCUT2D eigenvalue weighted by Gasteiger charge is -2.42. The number of carbonyl (C=O) groups is 1. The molecule has 2 N–H and O–H groups in total. The second kappa shape index (κ2) is 7.68. The molecule has 146 valence electrons. The van der Waals surface area contributed by atoms with Crippen LogP contribution in [0.25, 0.3) is 0 Å². The number of carbonyl (C=O) groups excluding carboxylic acids is 1. The molecule has 5 heteroatoms. The minimum absolute atomic E-state index is 0.173. The first-order valence-corrected chi connectivity index (χ1v) is 12.2. The van der Waals surface area contributed by atoms with E-state index in [-0.39, 0.29) is 11.8 Å². The van der Waals surface area contributed by atoms with Gasteiger partial charge in [0.15, 0.2) is 0 Å². The zero-order chi connectivity index (χ0) is 19.0. The Hall–Kier alpha value is -1.59. The highest BCUT2D eigenvalue weighted by Crippen LogP contribution is 2.65. The normalized spacial score (nSPS) is 27.6. The summed E-state index contributed by atoms with van der Waals surface area (Å²) in [6.45, 7) is 0. The van der Waals surface area contributed by atoms with Crippen molar-refractivity contribution in [1.82, 2.24) is 0 Å². The Morgan fingerprint density at radius 1 is 0.821 bits per heavy atom. The molecule has 0 radical (unpaired) electrons. The van der Waals surface area contributed by atoms with Crippen molar-refractivity contribution in [2.45, 2.75) is 29.8 Å². The van der Waals surface area contributed by atoms with Gasteiger partial charge < -0.3 is 10.6 Å². The van der Waals surface area contributed by atoms with Crippen LogP contribution in [0.1, 0.15) is 25.7 Å². The molecule has 2 aromatic carbocycles. The number of thioether (sulfide) groups is 2. The van der Waals surface area contributed by atoms with Crippen LogP contribution in [0.2, 0.25) is 0 Å². The number of rotatable bonds is 4. The minimum Gasteiger partial charge on any atom is -0.356 e. The fourth-order valence-electron chi connectivity index (χ4n) is 5.18. The minimum atomic E-state index is 0.173. The van der Waals surface area contributed by atoms with E-state index in [1.807, 2.05) is 54.6 Å². The molecule has 1 saturated heterocycles. The van der Waals surface area contributed by atoms with Crippen LogP contribution in [0.3, 0.4) is 0 Å². The molecule has 3 aliphatic rings. The average Bonchev–Trinajstić information content (AvgIpc) is 3.25. The van der Waals surface area contributed by atoms with Crippen molar-refractivity contribution in [1.29, 1.82) is 0 Å². The maximum atomic E-state index is 12.9. The highest BCUT2D eigenvalue weighted by Gasteiger charge is 2.57. The van der Waals surface area contributed by atoms with E-state index in [1.165, 1.54) is 24.3 Å². The summed E-state index contributed by atoms with van der Waals surface area (Å²) in [6, 6.07) is 18.1. The zero-order valence-electron chi connectivity index (χ0n) is 15.9. The SMILES string of the molecule is O=C(Nc1ccc(Nc2ccccc2)cc1)C1CC2CCC(C1)C21SCCS1. The molecular weight excluding hydrogens is 384 g/mol. The van der Waals surface area contributed by atoms with E-state index in [2.05, 4.69) is 34.2 Å². The van der Waals surface area contributed by atoms with E-state index in [1.54, 1.807) is 0 Å². The van der Waals surface area contributed by atoms with Crippen LogP contribution < -0.4 is 10.6 Å². The first kappa shape index (κ1) is 18.4. The third-order valence-corrected chi connectivity index (χ3v) is 10.5. The monoisotopic (exact) mass is 410 g/mol. The summed E-state index contributed by atoms with van der Waals surface area (Å²) < 4.78 is 0.446. The zero-order valence-corrected chi connectivity index (χ0v) is 17.5. The predicted molar refractivity (Wildman–Crippen MR) is 121 cm³/mol. The third-order valence-electron chi connectivity index (χ3n) is 6.46. The molecule has 2 aromatic rings. The topological polar surface area (TPSA) is 41.1 Å². The first-order valence-electron chi connectivity index (χ1n) is 10.2. The van der Waals surface area contributed by atoms with Crippen LogP contribution in [0.5, 0.6) is 0 Å². The Kier molecular flexibility index (Phi) is 5.06. The fourth-order valence-corrected chi connectivity index (χ4v) is 9.12. The Bertz CT molecular complexity index is 817. The Labute approximate surface area is 175 Å². The van der Waals surface area contributed by atoms with Crippen LogP contribution in [0.4, 0.5) is 17.1 Å². The summed E-state index contributed by atoms with van der Waals surface area (Å²) in [5.41, 5.74) is 2.98. The summed E-state index contributed by atoms with van der Waals surface area (Å²) in [5.74, 6) is 4.40. The van der Waals surface area contributed by atoms with Crippen LogP contribution in [0, 0.1) is 17.8 Å². The molecule has 28 heavy (non-hydrogen) atoms. The van der Waals surface area contributed by atoms with E-state index in [4.69, 9.17) is 0 Å². The van der Waals surface area contributed by atoms with Gasteiger partial charge in [-0.05, 0) is 73.9 Å². The summed E-state index contributed by atoms with van der Waals surface area (Å²) in [5, 5.41) is 6.55. The first-order chi connectivity index (χ1) is 13.7. The van der Waals surface area contributed by atoms with Gasteiger partial charge in [-0.15, -0.1) is 23.5 Å². The molecule has 2 unspecified atom stereocenters. The van der Waals surface area contributed by atoms with E-state index in [9.17, 15) is 4.79 Å². The number of anilines is 3. The van der Waals surface area contributed by atoms with Gasteiger partial charge >= 0.3 is 0 Å². The average molecular weight is 411 g/mol. The molecule has 1 amide bonds. The second-order valence-electron chi connectivity index (χ2n) is 8.12. The van der Waals surface area contributed by atoms with Gasteiger partial charge in [0, 0.05) is 34.5 Å². The Morgan fingerprint density at radius 3 is 2.04 bits per heavy atom. The van der Waals surface area contributed by atoms with E-state index in [0.29, 0.717) is 4.08 Å². The lowest BCUT2D eigenvalue weighted by molar-refractivity contribution is -0.121. The summed E-state index contributed by atoms with van der Waals surface area (Å²) in [6.07, 6.45) is 4.76. The molecule has 2 bridgehead atoms. The molecule has 0 aromatic heterocycles. The molecular formula is C23H26N2OS2. The highest BCUT2D eigenvalue weighted by atomic mass is 32.2. The Morgan fingerprint density at radius 2 is 1.39 bits per heavy atom. The van der Waals surface area contributed by atoms with Crippen molar-refractivity contribution in [2.24, 2.45) is 17.8 Å². The molecule has 2 atom stereocenters. The van der Waals surface area contributed by atoms with Gasteiger partial charge in [0.25, 0.3) is 0 Å². The molecule has 1 heterocycles. The molecule has 1 spiro atoms. The van der Waals surface area contributed by atoms with Crippen LogP contribution in [-0.4, -0.2) is 21.5 Å². The molecule has 3 fully saturated rings. The number of benzene rings is 2. The second-order valence-corrected chi connectivity index (χ2v) is 11.1. The lowest BCUT2D eigenvalue weighted by atomic mass is 9.79. The molecule has 3 nitrogen and oxygen atoms in total. The maximum Gasteiger partial charge on any atom is 0.227 e. The maximum absolute atomic E-state index is 12.9. The number of hydrogen-bond donors (Lipinski definition) is 2. The standard InChI is InChI=1S/C23H26N2OS2/c26-22(16-14-17-6-7-18(15-16)23(17)27-12-13-28-23)25-21-10-8-20(9-11-21)24-19-4-2-1-3-5-19/h1-5,8-11,16-18,24H,6-7,12-15H2,(H,25,26). The number of hydrogen-bond acceptors (Lipinski definition) is 4. The molecule has 1 aliphatic heterocycles. The van der Waals surface area contributed by atoms with Crippen molar-refractivity contribution in [3.63, 3.8) is 0 Å². The van der Waals surface area contributed by atoms with E-state index >= 15 is 0 Å². The predicted octanol–water partition coefficient (Wildman–Crippen LogP) is 5.98. The van der Waals surface area contributed by atoms with Crippen LogP contribution in [-0.2, 0) is 4.79 Å². The molecule has 2 aliphatic carbocycles. The van der Waals surface area contributed by atoms with Crippen LogP contribution >= 0.6 is 23.5 Å². The molecule has 2 saturated carbocycles. The third kappa shape index (κ3) is 3.43. The van der Waals surface area contributed by atoms with Crippen molar-refractivity contribution in [2.75, 3.05) is 22.1 Å².